The minimum absolute atomic E-state index is 0.193. The summed E-state index contributed by atoms with van der Waals surface area (Å²) in [6, 6.07) is 0. The molecule has 0 spiro atoms. The van der Waals surface area contributed by atoms with E-state index in [9.17, 15) is 14.2 Å². The molecule has 8 heteroatoms. The Morgan fingerprint density at radius 3 is 2.31 bits per heavy atom. The Kier molecular flexibility index (Phi) is 7.16. The minimum Gasteiger partial charge on any atom is -0.463 e. The molecule has 1 atom stereocenters. The van der Waals surface area contributed by atoms with Gasteiger partial charge in [-0.2, -0.15) is 0 Å². The van der Waals surface area contributed by atoms with Crippen molar-refractivity contribution in [3.8, 4) is 0 Å². The van der Waals surface area contributed by atoms with Crippen molar-refractivity contribution in [2.24, 2.45) is 0 Å². The third kappa shape index (κ3) is 5.37. The van der Waals surface area contributed by atoms with Gasteiger partial charge in [0.05, 0.1) is 19.9 Å². The molecule has 0 aromatic rings. The second-order valence-corrected chi connectivity index (χ2v) is 4.85. The Morgan fingerprint density at radius 2 is 1.88 bits per heavy atom. The summed E-state index contributed by atoms with van der Waals surface area (Å²) in [5.41, 5.74) is 0. The Bertz CT molecular complexity index is 288. The molecule has 7 nitrogen and oxygen atoms in total. The van der Waals surface area contributed by atoms with Crippen LogP contribution in [0.4, 0.5) is 0 Å². The molecule has 0 aliphatic rings. The average molecular weight is 254 g/mol. The summed E-state index contributed by atoms with van der Waals surface area (Å²) in [5.74, 6) is -1.78. The SMILES string of the molecule is CCOOP(=O)(CCC(=O)C(=O)OC)OC. The van der Waals surface area contributed by atoms with E-state index in [0.29, 0.717) is 0 Å². The highest BCUT2D eigenvalue weighted by atomic mass is 31.2. The van der Waals surface area contributed by atoms with Gasteiger partial charge < -0.3 is 9.26 Å². The van der Waals surface area contributed by atoms with E-state index in [1.54, 1.807) is 6.92 Å². The molecule has 0 saturated carbocycles. The zero-order valence-electron chi connectivity index (χ0n) is 9.43. The molecular weight excluding hydrogens is 239 g/mol. The molecule has 0 radical (unpaired) electrons. The smallest absolute Gasteiger partial charge is 0.374 e. The van der Waals surface area contributed by atoms with Crippen molar-refractivity contribution in [2.75, 3.05) is 27.0 Å². The van der Waals surface area contributed by atoms with E-state index in [-0.39, 0.29) is 19.2 Å². The van der Waals surface area contributed by atoms with Crippen molar-refractivity contribution in [2.45, 2.75) is 13.3 Å². The largest absolute Gasteiger partial charge is 0.463 e. The maximum absolute atomic E-state index is 11.7. The Morgan fingerprint density at radius 1 is 1.25 bits per heavy atom. The second-order valence-electron chi connectivity index (χ2n) is 2.66. The standard InChI is InChI=1S/C8H15O7P/c1-4-14-15-16(11,13-3)6-5-7(9)8(10)12-2/h4-6H2,1-3H3. The number of ether oxygens (including phenoxy) is 1. The first-order chi connectivity index (χ1) is 7.49. The molecule has 0 N–H and O–H groups in total. The first kappa shape index (κ1) is 15.2. The van der Waals surface area contributed by atoms with Crippen molar-refractivity contribution >= 4 is 19.3 Å². The van der Waals surface area contributed by atoms with Crippen LogP contribution in [0.1, 0.15) is 13.3 Å². The van der Waals surface area contributed by atoms with Gasteiger partial charge in [-0.15, -0.1) is 4.67 Å². The van der Waals surface area contributed by atoms with Crippen LogP contribution >= 0.6 is 7.60 Å². The fourth-order valence-corrected chi connectivity index (χ4v) is 1.81. The predicted octanol–water partition coefficient (Wildman–Crippen LogP) is 0.926. The number of Topliss-reactive ketones (excluding diaryl/α,β-unsaturated/α-hetero) is 1. The van der Waals surface area contributed by atoms with Gasteiger partial charge in [-0.25, -0.2) is 9.68 Å². The van der Waals surface area contributed by atoms with Crippen LogP contribution in [-0.2, 0) is 33.0 Å². The lowest BCUT2D eigenvalue weighted by Gasteiger charge is -2.13. The summed E-state index contributed by atoms with van der Waals surface area (Å²) >= 11 is 0. The molecule has 0 aliphatic heterocycles. The highest BCUT2D eigenvalue weighted by molar-refractivity contribution is 7.53. The number of hydrogen-bond acceptors (Lipinski definition) is 7. The van der Waals surface area contributed by atoms with Gasteiger partial charge >= 0.3 is 13.6 Å². The molecule has 0 fully saturated rings. The molecule has 94 valence electrons. The predicted molar refractivity (Wildman–Crippen MR) is 53.8 cm³/mol. The lowest BCUT2D eigenvalue weighted by Crippen LogP contribution is -2.17. The van der Waals surface area contributed by atoms with E-state index in [0.717, 1.165) is 7.11 Å². The number of hydrogen-bond donors (Lipinski definition) is 0. The highest BCUT2D eigenvalue weighted by Gasteiger charge is 2.27. The van der Waals surface area contributed by atoms with Gasteiger partial charge in [0.1, 0.15) is 0 Å². The normalized spacial score (nSPS) is 14.2. The topological polar surface area (TPSA) is 88.1 Å². The molecule has 0 rings (SSSR count). The third-order valence-electron chi connectivity index (χ3n) is 1.59. The number of carbonyl (C=O) groups excluding carboxylic acids is 2. The Balaban J connectivity index is 4.18. The average Bonchev–Trinajstić information content (AvgIpc) is 2.32. The Labute approximate surface area is 93.5 Å². The molecule has 0 saturated heterocycles. The summed E-state index contributed by atoms with van der Waals surface area (Å²) in [6.07, 6.45) is -0.525. The van der Waals surface area contributed by atoms with Crippen LogP contribution in [0.5, 0.6) is 0 Å². The van der Waals surface area contributed by atoms with Crippen molar-refractivity contribution in [3.05, 3.63) is 0 Å². The maximum Gasteiger partial charge on any atom is 0.374 e. The van der Waals surface area contributed by atoms with Gasteiger partial charge in [0.15, 0.2) is 0 Å². The van der Waals surface area contributed by atoms with Crippen LogP contribution in [0.3, 0.4) is 0 Å². The molecule has 0 heterocycles. The summed E-state index contributed by atoms with van der Waals surface area (Å²) < 4.78 is 25.0. The van der Waals surface area contributed by atoms with Crippen LogP contribution in [0.15, 0.2) is 0 Å². The fourth-order valence-electron chi connectivity index (χ4n) is 0.746. The van der Waals surface area contributed by atoms with Gasteiger partial charge in [0.25, 0.3) is 0 Å². The lowest BCUT2D eigenvalue weighted by atomic mass is 10.3. The number of ketones is 1. The number of rotatable bonds is 8. The lowest BCUT2D eigenvalue weighted by molar-refractivity contribution is -0.209. The monoisotopic (exact) mass is 254 g/mol. The first-order valence-corrected chi connectivity index (χ1v) is 6.29. The fraction of sp³-hybridized carbons (Fsp3) is 0.750. The molecule has 0 bridgehead atoms. The minimum atomic E-state index is -3.47. The second kappa shape index (κ2) is 7.51. The number of esters is 1. The van der Waals surface area contributed by atoms with Gasteiger partial charge in [0, 0.05) is 13.5 Å². The van der Waals surface area contributed by atoms with Crippen molar-refractivity contribution < 1.29 is 33.0 Å². The molecule has 1 unspecified atom stereocenters. The van der Waals surface area contributed by atoms with E-state index in [2.05, 4.69) is 18.8 Å². The van der Waals surface area contributed by atoms with Gasteiger partial charge in [-0.1, -0.05) is 0 Å². The van der Waals surface area contributed by atoms with Crippen molar-refractivity contribution in [3.63, 3.8) is 0 Å². The zero-order chi connectivity index (χ0) is 12.6. The first-order valence-electron chi connectivity index (χ1n) is 4.56. The maximum atomic E-state index is 11.7. The number of carbonyl (C=O) groups is 2. The van der Waals surface area contributed by atoms with E-state index in [1.165, 1.54) is 7.11 Å². The van der Waals surface area contributed by atoms with Crippen LogP contribution in [0, 0.1) is 0 Å². The highest BCUT2D eigenvalue weighted by Crippen LogP contribution is 2.47. The van der Waals surface area contributed by atoms with Crippen LogP contribution in [-0.4, -0.2) is 38.7 Å². The van der Waals surface area contributed by atoms with Gasteiger partial charge in [-0.3, -0.25) is 9.36 Å². The van der Waals surface area contributed by atoms with Crippen molar-refractivity contribution in [1.82, 2.24) is 0 Å². The van der Waals surface area contributed by atoms with Crippen molar-refractivity contribution in [1.29, 1.82) is 0 Å². The van der Waals surface area contributed by atoms with Gasteiger partial charge in [-0.05, 0) is 6.92 Å². The van der Waals surface area contributed by atoms with Crippen LogP contribution < -0.4 is 0 Å². The molecule has 0 aromatic carbocycles. The summed E-state index contributed by atoms with van der Waals surface area (Å²) in [4.78, 5) is 26.3. The number of methoxy groups -OCH3 is 1. The van der Waals surface area contributed by atoms with E-state index in [1.807, 2.05) is 0 Å². The van der Waals surface area contributed by atoms with Crippen LogP contribution in [0.2, 0.25) is 0 Å². The zero-order valence-corrected chi connectivity index (χ0v) is 10.3. The van der Waals surface area contributed by atoms with Gasteiger partial charge in [0.2, 0.25) is 5.78 Å². The molecule has 0 amide bonds. The third-order valence-corrected chi connectivity index (χ3v) is 3.25. The summed E-state index contributed by atoms with van der Waals surface area (Å²) in [6.45, 7) is 1.83. The molecule has 16 heavy (non-hydrogen) atoms. The molecule has 0 aromatic heterocycles. The molecule has 0 aliphatic carbocycles. The van der Waals surface area contributed by atoms with E-state index >= 15 is 0 Å². The van der Waals surface area contributed by atoms with Crippen LogP contribution in [0.25, 0.3) is 0 Å². The van der Waals surface area contributed by atoms with E-state index in [4.69, 9.17) is 0 Å². The summed E-state index contributed by atoms with van der Waals surface area (Å²) in [7, 11) is -1.21. The summed E-state index contributed by atoms with van der Waals surface area (Å²) in [5, 5.41) is 0. The quantitative estimate of drug-likeness (QED) is 0.209. The van der Waals surface area contributed by atoms with E-state index < -0.39 is 19.3 Å². The Hall–Kier alpha value is -0.750. The molecular formula is C8H15O7P.